The van der Waals surface area contributed by atoms with Gasteiger partial charge in [-0.1, -0.05) is 0 Å². The van der Waals surface area contributed by atoms with Crippen LogP contribution in [0.3, 0.4) is 0 Å². The Balaban J connectivity index is 0.000000545. The fourth-order valence-electron chi connectivity index (χ4n) is 4.62. The molecule has 18 heteroatoms. The average Bonchev–Trinajstić information content (AvgIpc) is 3.56. The van der Waals surface area contributed by atoms with Crippen LogP contribution in [0.2, 0.25) is 0 Å². The number of hydrogen-bond acceptors (Lipinski definition) is 9. The van der Waals surface area contributed by atoms with Gasteiger partial charge in [0.2, 0.25) is 11.8 Å². The van der Waals surface area contributed by atoms with Crippen molar-refractivity contribution < 1.29 is 72.6 Å². The van der Waals surface area contributed by atoms with Crippen molar-refractivity contribution in [3.63, 3.8) is 0 Å². The number of benzene rings is 1. The Bertz CT molecular complexity index is 1270. The summed E-state index contributed by atoms with van der Waals surface area (Å²) in [6.45, 7) is 0.402. The van der Waals surface area contributed by atoms with Gasteiger partial charge in [0.1, 0.15) is 5.82 Å². The largest absolute Gasteiger partial charge is 0.478 e. The summed E-state index contributed by atoms with van der Waals surface area (Å²) in [5, 5.41) is 49.7. The van der Waals surface area contributed by atoms with Gasteiger partial charge in [0.15, 0.2) is 11.6 Å². The van der Waals surface area contributed by atoms with Crippen LogP contribution in [0.15, 0.2) is 36.4 Å². The number of carbonyl (C=O) groups excluding carboxylic acids is 2. The van der Waals surface area contributed by atoms with Crippen molar-refractivity contribution in [1.82, 2.24) is 9.80 Å². The molecule has 0 aliphatic carbocycles. The Morgan fingerprint density at radius 2 is 1.28 bits per heavy atom. The summed E-state index contributed by atoms with van der Waals surface area (Å²) < 4.78 is 40.2. The van der Waals surface area contributed by atoms with E-state index in [1.165, 1.54) is 0 Å². The molecule has 0 aromatic heterocycles. The minimum Gasteiger partial charge on any atom is -0.478 e. The predicted octanol–water partition coefficient (Wildman–Crippen LogP) is -0.552. The van der Waals surface area contributed by atoms with Crippen LogP contribution >= 0.6 is 0 Å². The fraction of sp³-hybridized carbons (Fsp3) is 0.429. The molecular weight excluding hydrogens is 627 g/mol. The number of nitrogens with two attached hydrogens (primary N) is 1. The van der Waals surface area contributed by atoms with Crippen LogP contribution < -0.4 is 5.73 Å². The van der Waals surface area contributed by atoms with E-state index >= 15 is 0 Å². The second kappa shape index (κ2) is 18.9. The lowest BCUT2D eigenvalue weighted by molar-refractivity contribution is -0.139. The lowest BCUT2D eigenvalue weighted by atomic mass is 10.0. The molecule has 2 fully saturated rings. The second-order valence-corrected chi connectivity index (χ2v) is 10.1. The highest BCUT2D eigenvalue weighted by molar-refractivity contribution is 5.90. The molecule has 2 aliphatic heterocycles. The van der Waals surface area contributed by atoms with E-state index in [2.05, 4.69) is 0 Å². The third-order valence-electron chi connectivity index (χ3n) is 6.71. The maximum absolute atomic E-state index is 13.8. The van der Waals surface area contributed by atoms with Gasteiger partial charge in [-0.3, -0.25) is 9.59 Å². The summed E-state index contributed by atoms with van der Waals surface area (Å²) in [6.07, 6.45) is 2.74. The molecule has 2 heterocycles. The highest BCUT2D eigenvalue weighted by atomic mass is 19.2. The zero-order chi connectivity index (χ0) is 35.1. The molecule has 0 unspecified atom stereocenters. The first-order valence-electron chi connectivity index (χ1n) is 13.5. The van der Waals surface area contributed by atoms with Crippen molar-refractivity contribution in [1.29, 1.82) is 0 Å². The Hall–Kier alpha value is -4.81. The van der Waals surface area contributed by atoms with E-state index in [1.807, 2.05) is 0 Å². The average molecular weight is 662 g/mol. The fourth-order valence-corrected chi connectivity index (χ4v) is 4.62. The van der Waals surface area contributed by atoms with Crippen LogP contribution in [0.1, 0.15) is 18.4 Å². The molecule has 2 aliphatic rings. The topological polar surface area (TPSA) is 256 Å². The Morgan fingerprint density at radius 3 is 1.74 bits per heavy atom. The number of carboxylic acid groups (broad SMARTS) is 4. The van der Waals surface area contributed by atoms with Gasteiger partial charge in [0, 0.05) is 68.4 Å². The van der Waals surface area contributed by atoms with Crippen molar-refractivity contribution >= 4 is 35.7 Å². The molecule has 2 saturated heterocycles. The van der Waals surface area contributed by atoms with Crippen LogP contribution in [0.4, 0.5) is 13.2 Å². The van der Waals surface area contributed by atoms with Gasteiger partial charge in [0.05, 0.1) is 25.2 Å². The van der Waals surface area contributed by atoms with Crippen LogP contribution in [-0.2, 0) is 35.2 Å². The SMILES string of the molecule is N[C@@H](CC(=O)N1CC[C@H]2CN(C(=O)C(CO)CO)C[C@H]21)Cc1cc(F)c(F)cc1F.O=C(O)/C=C/C(=O)O.O=C(O)/C=C/C(=O)O. The predicted molar refractivity (Wildman–Crippen MR) is 149 cm³/mol. The van der Waals surface area contributed by atoms with E-state index in [0.717, 1.165) is 12.5 Å². The minimum atomic E-state index is -1.28. The first-order chi connectivity index (χ1) is 21.5. The van der Waals surface area contributed by atoms with E-state index in [0.29, 0.717) is 50.0 Å². The number of aliphatic carboxylic acids is 4. The van der Waals surface area contributed by atoms with Crippen LogP contribution in [0.25, 0.3) is 0 Å². The van der Waals surface area contributed by atoms with Gasteiger partial charge in [-0.2, -0.15) is 0 Å². The molecule has 254 valence electrons. The summed E-state index contributed by atoms with van der Waals surface area (Å²) in [4.78, 5) is 66.6. The van der Waals surface area contributed by atoms with E-state index in [-0.39, 0.29) is 42.2 Å². The number of carboxylic acids is 4. The van der Waals surface area contributed by atoms with Crippen LogP contribution in [-0.4, -0.2) is 121 Å². The number of amides is 2. The number of halogens is 3. The molecule has 3 atom stereocenters. The van der Waals surface area contributed by atoms with Crippen molar-refractivity contribution in [2.75, 3.05) is 32.8 Å². The van der Waals surface area contributed by atoms with Crippen molar-refractivity contribution in [2.24, 2.45) is 17.6 Å². The first kappa shape index (κ1) is 39.2. The molecule has 0 saturated carbocycles. The number of rotatable bonds is 11. The molecule has 0 bridgehead atoms. The maximum atomic E-state index is 13.8. The smallest absolute Gasteiger partial charge is 0.328 e. The van der Waals surface area contributed by atoms with Crippen LogP contribution in [0, 0.1) is 29.3 Å². The van der Waals surface area contributed by atoms with Gasteiger partial charge < -0.3 is 46.2 Å². The lowest BCUT2D eigenvalue weighted by Gasteiger charge is -2.27. The van der Waals surface area contributed by atoms with Gasteiger partial charge >= 0.3 is 23.9 Å². The maximum Gasteiger partial charge on any atom is 0.328 e. The molecule has 1 aromatic rings. The minimum absolute atomic E-state index is 0.0918. The van der Waals surface area contributed by atoms with Crippen molar-refractivity contribution in [3.8, 4) is 0 Å². The zero-order valence-electron chi connectivity index (χ0n) is 24.2. The van der Waals surface area contributed by atoms with Crippen molar-refractivity contribution in [2.45, 2.75) is 31.3 Å². The molecule has 46 heavy (non-hydrogen) atoms. The standard InChI is InChI=1S/C20H26F3N3O4.2C4H4O4/c21-15-6-17(23)16(22)4-12(15)3-14(24)5-19(29)26-2-1-11-7-25(8-18(11)26)20(30)13(9-27)10-28;2*5-3(6)1-2-4(7)8/h4,6,11,13-14,18,27-28H,1-3,5,7-10,24H2;2*1-2H,(H,5,6)(H,7,8)/b;2*2-1+/t11-,14+,18+;;/m0../s1. The number of aliphatic hydroxyl groups is 2. The molecule has 8 N–H and O–H groups in total. The summed E-state index contributed by atoms with van der Waals surface area (Å²) in [5.41, 5.74) is 5.88. The zero-order valence-corrected chi connectivity index (χ0v) is 24.2. The molecule has 1 aromatic carbocycles. The van der Waals surface area contributed by atoms with Gasteiger partial charge in [-0.15, -0.1) is 0 Å². The molecule has 2 amide bonds. The molecule has 0 radical (unpaired) electrons. The molecule has 3 rings (SSSR count). The van der Waals surface area contributed by atoms with Crippen LogP contribution in [0.5, 0.6) is 0 Å². The third kappa shape index (κ3) is 13.0. The molecule has 15 nitrogen and oxygen atoms in total. The summed E-state index contributed by atoms with van der Waals surface area (Å²) in [5.74, 6) is -9.74. The summed E-state index contributed by atoms with van der Waals surface area (Å²) in [6, 6.07) is 0.260. The number of carbonyl (C=O) groups is 6. The number of likely N-dealkylation sites (tertiary alicyclic amines) is 2. The quantitative estimate of drug-likeness (QED) is 0.116. The number of fused-ring (bicyclic) bond motifs is 1. The normalized spacial score (nSPS) is 17.6. The van der Waals surface area contributed by atoms with E-state index < -0.39 is 66.5 Å². The number of hydrogen-bond donors (Lipinski definition) is 7. The summed E-state index contributed by atoms with van der Waals surface area (Å²) >= 11 is 0. The Kier molecular flexibility index (Phi) is 16.1. The van der Waals surface area contributed by atoms with E-state index in [4.69, 9.17) is 26.2 Å². The third-order valence-corrected chi connectivity index (χ3v) is 6.71. The van der Waals surface area contributed by atoms with Crippen molar-refractivity contribution in [3.05, 3.63) is 59.5 Å². The van der Waals surface area contributed by atoms with E-state index in [9.17, 15) is 52.2 Å². The summed E-state index contributed by atoms with van der Waals surface area (Å²) in [7, 11) is 0. The lowest BCUT2D eigenvalue weighted by Crippen LogP contribution is -2.44. The monoisotopic (exact) mass is 661 g/mol. The highest BCUT2D eigenvalue weighted by Gasteiger charge is 2.45. The van der Waals surface area contributed by atoms with Gasteiger partial charge in [-0.25, -0.2) is 32.3 Å². The molecule has 0 spiro atoms. The van der Waals surface area contributed by atoms with E-state index in [1.54, 1.807) is 9.80 Å². The second-order valence-electron chi connectivity index (χ2n) is 10.1. The first-order valence-corrected chi connectivity index (χ1v) is 13.5. The Labute approximate surface area is 259 Å². The molecular formula is C28H34F3N3O12. The Morgan fingerprint density at radius 1 is 0.804 bits per heavy atom. The number of aliphatic hydroxyl groups excluding tert-OH is 2. The van der Waals surface area contributed by atoms with Gasteiger partial charge in [0.25, 0.3) is 0 Å². The van der Waals surface area contributed by atoms with Gasteiger partial charge in [-0.05, 0) is 24.5 Å². The number of nitrogens with zero attached hydrogens (tertiary/aromatic N) is 2. The highest BCUT2D eigenvalue weighted by Crippen LogP contribution is 2.33.